The summed E-state index contributed by atoms with van der Waals surface area (Å²) < 4.78 is 5.48. The van der Waals surface area contributed by atoms with E-state index in [0.717, 1.165) is 38.2 Å². The number of rotatable bonds is 6. The molecule has 1 N–H and O–H groups in total. The fraction of sp³-hybridized carbons (Fsp3) is 0.368. The Morgan fingerprint density at radius 3 is 2.64 bits per heavy atom. The van der Waals surface area contributed by atoms with Gasteiger partial charge in [0.2, 0.25) is 0 Å². The molecule has 5 nitrogen and oxygen atoms in total. The van der Waals surface area contributed by atoms with Gasteiger partial charge in [0.1, 0.15) is 5.75 Å². The minimum absolute atomic E-state index is 0.0236. The molecule has 0 saturated carbocycles. The summed E-state index contributed by atoms with van der Waals surface area (Å²) in [6, 6.07) is 13.2. The molecule has 0 aliphatic carbocycles. The van der Waals surface area contributed by atoms with Crippen LogP contribution in [0.4, 0.5) is 0 Å². The van der Waals surface area contributed by atoms with Gasteiger partial charge in [0.15, 0.2) is 6.61 Å². The molecule has 1 saturated heterocycles. The molecule has 132 valence electrons. The van der Waals surface area contributed by atoms with Crippen LogP contribution in [0.1, 0.15) is 18.5 Å². The monoisotopic (exact) mass is 359 g/mol. The van der Waals surface area contributed by atoms with Crippen molar-refractivity contribution in [3.05, 3.63) is 59.4 Å². The van der Waals surface area contributed by atoms with Crippen LogP contribution in [0.15, 0.2) is 48.7 Å². The standard InChI is InChI=1S/C19H22ClN3O2/c20-15-4-6-18(7-5-15)25-14-19(24)22-16-8-11-23(12-9-16)13-17-3-1-2-10-21-17/h1-7,10,16H,8-9,11-14H2,(H,22,24). The van der Waals surface area contributed by atoms with Crippen molar-refractivity contribution >= 4 is 17.5 Å². The second-order valence-corrected chi connectivity index (χ2v) is 6.62. The molecule has 0 unspecified atom stereocenters. The normalized spacial score (nSPS) is 15.7. The molecule has 1 aromatic heterocycles. The van der Waals surface area contributed by atoms with Gasteiger partial charge in [-0.25, -0.2) is 0 Å². The number of nitrogens with zero attached hydrogens (tertiary/aromatic N) is 2. The van der Waals surface area contributed by atoms with Crippen LogP contribution in [0.2, 0.25) is 5.02 Å². The Hall–Kier alpha value is -2.11. The number of nitrogens with one attached hydrogen (secondary N) is 1. The molecular weight excluding hydrogens is 338 g/mol. The summed E-state index contributed by atoms with van der Waals surface area (Å²) in [4.78, 5) is 18.8. The minimum Gasteiger partial charge on any atom is -0.484 e. The van der Waals surface area contributed by atoms with Crippen LogP contribution in [0.25, 0.3) is 0 Å². The summed E-state index contributed by atoms with van der Waals surface area (Å²) in [5.41, 5.74) is 1.08. The summed E-state index contributed by atoms with van der Waals surface area (Å²) in [6.45, 7) is 2.80. The lowest BCUT2D eigenvalue weighted by atomic mass is 10.0. The maximum atomic E-state index is 12.0. The molecule has 1 aliphatic rings. The van der Waals surface area contributed by atoms with E-state index in [1.165, 1.54) is 0 Å². The Labute approximate surface area is 153 Å². The van der Waals surface area contributed by atoms with Crippen molar-refractivity contribution in [1.29, 1.82) is 0 Å². The first-order valence-electron chi connectivity index (χ1n) is 8.49. The Balaban J connectivity index is 1.36. The van der Waals surface area contributed by atoms with Crippen LogP contribution in [0, 0.1) is 0 Å². The third-order valence-corrected chi connectivity index (χ3v) is 4.50. The number of likely N-dealkylation sites (tertiary alicyclic amines) is 1. The lowest BCUT2D eigenvalue weighted by molar-refractivity contribution is -0.124. The van der Waals surface area contributed by atoms with E-state index < -0.39 is 0 Å². The van der Waals surface area contributed by atoms with Gasteiger partial charge in [0.25, 0.3) is 5.91 Å². The number of pyridine rings is 1. The minimum atomic E-state index is -0.0851. The molecule has 2 aromatic rings. The van der Waals surface area contributed by atoms with Crippen LogP contribution >= 0.6 is 11.6 Å². The fourth-order valence-electron chi connectivity index (χ4n) is 2.91. The number of carbonyl (C=O) groups excluding carboxylic acids is 1. The second-order valence-electron chi connectivity index (χ2n) is 6.18. The number of amides is 1. The first kappa shape index (κ1) is 17.7. The Morgan fingerprint density at radius 1 is 1.20 bits per heavy atom. The number of halogens is 1. The third kappa shape index (κ3) is 5.73. The molecule has 0 spiro atoms. The molecule has 0 bridgehead atoms. The van der Waals surface area contributed by atoms with Gasteiger partial charge >= 0.3 is 0 Å². The van der Waals surface area contributed by atoms with Gasteiger partial charge in [-0.1, -0.05) is 17.7 Å². The van der Waals surface area contributed by atoms with E-state index in [2.05, 4.69) is 15.2 Å². The summed E-state index contributed by atoms with van der Waals surface area (Å²) in [5, 5.41) is 3.70. The highest BCUT2D eigenvalue weighted by molar-refractivity contribution is 6.30. The summed E-state index contributed by atoms with van der Waals surface area (Å²) in [6.07, 6.45) is 3.71. The quantitative estimate of drug-likeness (QED) is 0.861. The Bertz CT molecular complexity index is 671. The van der Waals surface area contributed by atoms with Crippen molar-refractivity contribution in [3.63, 3.8) is 0 Å². The zero-order chi connectivity index (χ0) is 17.5. The molecule has 1 aromatic carbocycles. The lowest BCUT2D eigenvalue weighted by Gasteiger charge is -2.32. The van der Waals surface area contributed by atoms with Gasteiger partial charge in [-0.05, 0) is 49.2 Å². The zero-order valence-electron chi connectivity index (χ0n) is 14.0. The van der Waals surface area contributed by atoms with E-state index in [-0.39, 0.29) is 18.6 Å². The van der Waals surface area contributed by atoms with Gasteiger partial charge in [-0.2, -0.15) is 0 Å². The first-order chi connectivity index (χ1) is 12.2. The van der Waals surface area contributed by atoms with Gasteiger partial charge < -0.3 is 10.1 Å². The SMILES string of the molecule is O=C(COc1ccc(Cl)cc1)NC1CCN(Cc2ccccn2)CC1. The van der Waals surface area contributed by atoms with Crippen LogP contribution in [-0.4, -0.2) is 41.5 Å². The second kappa shape index (κ2) is 8.83. The number of benzene rings is 1. The highest BCUT2D eigenvalue weighted by Crippen LogP contribution is 2.16. The van der Waals surface area contributed by atoms with E-state index in [4.69, 9.17) is 16.3 Å². The topological polar surface area (TPSA) is 54.5 Å². The summed E-state index contributed by atoms with van der Waals surface area (Å²) in [5.74, 6) is 0.558. The van der Waals surface area contributed by atoms with Crippen LogP contribution < -0.4 is 10.1 Å². The average molecular weight is 360 g/mol. The van der Waals surface area contributed by atoms with Crippen LogP contribution in [0.3, 0.4) is 0 Å². The van der Waals surface area contributed by atoms with Crippen molar-refractivity contribution in [2.24, 2.45) is 0 Å². The van der Waals surface area contributed by atoms with Crippen molar-refractivity contribution in [2.75, 3.05) is 19.7 Å². The van der Waals surface area contributed by atoms with Gasteiger partial charge in [-0.3, -0.25) is 14.7 Å². The number of hydrogen-bond donors (Lipinski definition) is 1. The zero-order valence-corrected chi connectivity index (χ0v) is 14.8. The molecule has 3 rings (SSSR count). The van der Waals surface area contributed by atoms with Gasteiger partial charge in [0, 0.05) is 36.9 Å². The number of piperidine rings is 1. The smallest absolute Gasteiger partial charge is 0.258 e. The van der Waals surface area contributed by atoms with Crippen LogP contribution in [0.5, 0.6) is 5.75 Å². The largest absolute Gasteiger partial charge is 0.484 e. The number of aromatic nitrogens is 1. The Kier molecular flexibility index (Phi) is 6.25. The maximum Gasteiger partial charge on any atom is 0.258 e. The van der Waals surface area contributed by atoms with Crippen molar-refractivity contribution < 1.29 is 9.53 Å². The number of carbonyl (C=O) groups is 1. The highest BCUT2D eigenvalue weighted by atomic mass is 35.5. The Morgan fingerprint density at radius 2 is 1.96 bits per heavy atom. The summed E-state index contributed by atoms with van der Waals surface area (Å²) in [7, 11) is 0. The average Bonchev–Trinajstić information content (AvgIpc) is 2.64. The first-order valence-corrected chi connectivity index (χ1v) is 8.87. The van der Waals surface area contributed by atoms with E-state index in [1.807, 2.05) is 24.4 Å². The van der Waals surface area contributed by atoms with E-state index >= 15 is 0 Å². The molecule has 1 fully saturated rings. The molecule has 0 radical (unpaired) electrons. The number of ether oxygens (including phenoxy) is 1. The predicted molar refractivity (Wildman–Crippen MR) is 97.6 cm³/mol. The molecule has 6 heteroatoms. The van der Waals surface area contributed by atoms with Crippen LogP contribution in [-0.2, 0) is 11.3 Å². The fourth-order valence-corrected chi connectivity index (χ4v) is 3.03. The number of hydrogen-bond acceptors (Lipinski definition) is 4. The van der Waals surface area contributed by atoms with E-state index in [0.29, 0.717) is 10.8 Å². The third-order valence-electron chi connectivity index (χ3n) is 4.25. The highest BCUT2D eigenvalue weighted by Gasteiger charge is 2.21. The molecule has 1 aliphatic heterocycles. The van der Waals surface area contributed by atoms with Gasteiger partial charge in [-0.15, -0.1) is 0 Å². The van der Waals surface area contributed by atoms with Crippen molar-refractivity contribution in [1.82, 2.24) is 15.2 Å². The van der Waals surface area contributed by atoms with Crippen molar-refractivity contribution in [2.45, 2.75) is 25.4 Å². The molecular formula is C19H22ClN3O2. The summed E-state index contributed by atoms with van der Waals surface area (Å²) >= 11 is 5.82. The lowest BCUT2D eigenvalue weighted by Crippen LogP contribution is -2.45. The van der Waals surface area contributed by atoms with Crippen molar-refractivity contribution in [3.8, 4) is 5.75 Å². The molecule has 2 heterocycles. The molecule has 0 atom stereocenters. The molecule has 25 heavy (non-hydrogen) atoms. The van der Waals surface area contributed by atoms with Gasteiger partial charge in [0.05, 0.1) is 5.69 Å². The van der Waals surface area contributed by atoms with E-state index in [9.17, 15) is 4.79 Å². The maximum absolute atomic E-state index is 12.0. The van der Waals surface area contributed by atoms with E-state index in [1.54, 1.807) is 24.3 Å². The molecule has 1 amide bonds. The predicted octanol–water partition coefficient (Wildman–Crippen LogP) is 2.89.